The molecule has 0 aromatic carbocycles. The molecule has 9 atom stereocenters. The van der Waals surface area contributed by atoms with Gasteiger partial charge in [0.1, 0.15) is 21.3 Å². The van der Waals surface area contributed by atoms with E-state index in [1.807, 2.05) is 0 Å². The van der Waals surface area contributed by atoms with E-state index in [4.69, 9.17) is 14.7 Å². The molecular weight excluding hydrogens is 592 g/mol. The fourth-order valence-electron chi connectivity index (χ4n) is 8.25. The minimum atomic E-state index is -3.64. The van der Waals surface area contributed by atoms with Crippen LogP contribution in [-0.4, -0.2) is 67.7 Å². The number of hydrogen-bond donors (Lipinski definition) is 1. The highest BCUT2D eigenvalue weighted by atomic mass is 32.2. The third-order valence-electron chi connectivity index (χ3n) is 10.1. The van der Waals surface area contributed by atoms with E-state index in [0.29, 0.717) is 11.3 Å². The van der Waals surface area contributed by atoms with Crippen LogP contribution in [0.3, 0.4) is 0 Å². The number of rotatable bonds is 5. The number of halogens is 2. The number of fused-ring (bicyclic) bond motifs is 5. The van der Waals surface area contributed by atoms with Crippen LogP contribution in [0.5, 0.6) is 0 Å². The fourth-order valence-corrected chi connectivity index (χ4v) is 10.1. The summed E-state index contributed by atoms with van der Waals surface area (Å²) >= 11 is 0.652. The quantitative estimate of drug-likeness (QED) is 0.485. The van der Waals surface area contributed by atoms with Crippen LogP contribution in [0.1, 0.15) is 49.7 Å². The van der Waals surface area contributed by atoms with E-state index in [1.54, 1.807) is 19.9 Å². The maximum atomic E-state index is 17.5. The van der Waals surface area contributed by atoms with E-state index in [0.717, 1.165) is 18.4 Å². The Morgan fingerprint density at radius 2 is 1.93 bits per heavy atom. The summed E-state index contributed by atoms with van der Waals surface area (Å²) < 4.78 is 68.4. The topological polar surface area (TPSA) is 148 Å². The third kappa shape index (κ3) is 3.98. The van der Waals surface area contributed by atoms with Crippen LogP contribution in [-0.2, 0) is 28.9 Å². The van der Waals surface area contributed by atoms with Gasteiger partial charge in [0.05, 0.1) is 6.10 Å². The first-order valence-electron chi connectivity index (χ1n) is 13.5. The monoisotopic (exact) mass is 623 g/mol. The van der Waals surface area contributed by atoms with Crippen LogP contribution >= 0.6 is 11.3 Å². The minimum absolute atomic E-state index is 0.0482. The third-order valence-corrected chi connectivity index (χ3v) is 13.0. The lowest BCUT2D eigenvalue weighted by molar-refractivity contribution is -0.230. The summed E-state index contributed by atoms with van der Waals surface area (Å²) in [5, 5.41) is 20.7. The number of nitriles is 1. The van der Waals surface area contributed by atoms with Crippen molar-refractivity contribution in [3.63, 3.8) is 0 Å². The zero-order valence-corrected chi connectivity index (χ0v) is 25.1. The number of nitrogens with zero attached hydrogens (tertiary/aromatic N) is 1. The molecule has 0 amide bonds. The van der Waals surface area contributed by atoms with Crippen molar-refractivity contribution in [3.05, 3.63) is 40.8 Å². The predicted molar refractivity (Wildman–Crippen MR) is 145 cm³/mol. The molecule has 3 saturated carbocycles. The number of sulfone groups is 1. The van der Waals surface area contributed by atoms with Gasteiger partial charge in [0.25, 0.3) is 0 Å². The summed E-state index contributed by atoms with van der Waals surface area (Å²) in [5.41, 5.74) is -7.71. The Bertz CT molecular complexity index is 1580. The highest BCUT2D eigenvalue weighted by Gasteiger charge is 2.78. The molecule has 4 aliphatic rings. The summed E-state index contributed by atoms with van der Waals surface area (Å²) in [6.45, 7) is 3.96. The first-order chi connectivity index (χ1) is 19.5. The van der Waals surface area contributed by atoms with Crippen molar-refractivity contribution < 1.29 is 46.2 Å². The molecule has 9 nitrogen and oxygen atoms in total. The van der Waals surface area contributed by atoms with Gasteiger partial charge in [0.15, 0.2) is 27.9 Å². The molecule has 0 radical (unpaired) electrons. The molecule has 226 valence electrons. The Morgan fingerprint density at radius 1 is 1.24 bits per heavy atom. The van der Waals surface area contributed by atoms with Crippen molar-refractivity contribution in [2.24, 2.45) is 28.6 Å². The number of ketones is 1. The van der Waals surface area contributed by atoms with Crippen LogP contribution in [0.2, 0.25) is 0 Å². The van der Waals surface area contributed by atoms with Gasteiger partial charge < -0.3 is 14.6 Å². The summed E-state index contributed by atoms with van der Waals surface area (Å²) in [6, 6.07) is 4.19. The molecule has 0 spiro atoms. The lowest BCUT2D eigenvalue weighted by Gasteiger charge is -2.63. The Balaban J connectivity index is 1.62. The second-order valence-electron chi connectivity index (χ2n) is 12.2. The molecule has 1 heterocycles. The number of carbonyl (C=O) groups excluding carboxylic acids is 3. The van der Waals surface area contributed by atoms with Gasteiger partial charge in [-0.3, -0.25) is 4.79 Å². The maximum absolute atomic E-state index is 17.5. The van der Waals surface area contributed by atoms with Gasteiger partial charge in [0.2, 0.25) is 5.60 Å². The maximum Gasteiger partial charge on any atom is 0.352 e. The Hall–Kier alpha value is -2.95. The van der Waals surface area contributed by atoms with Crippen molar-refractivity contribution in [2.75, 3.05) is 12.9 Å². The molecule has 2 unspecified atom stereocenters. The average Bonchev–Trinajstić information content (AvgIpc) is 3.49. The van der Waals surface area contributed by atoms with Gasteiger partial charge in [-0.2, -0.15) is 5.26 Å². The van der Waals surface area contributed by atoms with Gasteiger partial charge in [-0.25, -0.2) is 26.8 Å². The Labute approximate surface area is 246 Å². The predicted octanol–water partition coefficient (Wildman–Crippen LogP) is 3.68. The first-order valence-corrected chi connectivity index (χ1v) is 16.2. The van der Waals surface area contributed by atoms with Gasteiger partial charge in [-0.1, -0.05) is 19.9 Å². The smallest absolute Gasteiger partial charge is 0.352 e. The van der Waals surface area contributed by atoms with Crippen LogP contribution in [0.25, 0.3) is 0 Å². The van der Waals surface area contributed by atoms with Crippen molar-refractivity contribution in [1.82, 2.24) is 0 Å². The zero-order chi connectivity index (χ0) is 31.0. The zero-order valence-electron chi connectivity index (χ0n) is 23.4. The van der Waals surface area contributed by atoms with Crippen molar-refractivity contribution in [2.45, 2.75) is 67.8 Å². The number of aliphatic hydroxyl groups is 1. The number of allylic oxidation sites excluding steroid dienone is 4. The summed E-state index contributed by atoms with van der Waals surface area (Å²) in [6.07, 6.45) is 0.391. The van der Waals surface area contributed by atoms with Crippen LogP contribution < -0.4 is 0 Å². The lowest BCUT2D eigenvalue weighted by atomic mass is 9.44. The van der Waals surface area contributed by atoms with E-state index in [-0.39, 0.29) is 33.9 Å². The molecule has 13 heteroatoms. The number of alkyl halides is 2. The summed E-state index contributed by atoms with van der Waals surface area (Å²) in [5.74, 6) is -5.32. The van der Waals surface area contributed by atoms with E-state index >= 15 is 8.78 Å². The highest BCUT2D eigenvalue weighted by molar-refractivity contribution is 7.92. The standard InChI is InChI=1S/C29H31F2NO8S2/c1-15-11-17-18-13-20(30)19-12-16(33)7-8-26(19,2)28(18,31)22(34)14-27(17,3)29(15,25(36)39-10-9-32)40-24(35)21-5-6-23(41-21)42(4,37)38/h5-8,12,15,17-18,20,22,34H,10-11,13-14H2,1-4H3/t15-,17?,18?,20+,22+,26+,27+,28+,29+/m1/s1. The normalized spacial score (nSPS) is 40.7. The number of thiophene rings is 1. The average molecular weight is 624 g/mol. The van der Waals surface area contributed by atoms with E-state index in [2.05, 4.69) is 0 Å². The van der Waals surface area contributed by atoms with Crippen LogP contribution in [0, 0.1) is 39.9 Å². The van der Waals surface area contributed by atoms with Gasteiger partial charge in [-0.15, -0.1) is 11.3 Å². The molecule has 0 saturated heterocycles. The van der Waals surface area contributed by atoms with Crippen molar-refractivity contribution in [1.29, 1.82) is 5.26 Å². The summed E-state index contributed by atoms with van der Waals surface area (Å²) in [4.78, 5) is 39.3. The van der Waals surface area contributed by atoms with E-state index < -0.39 is 86.3 Å². The number of ether oxygens (including phenoxy) is 2. The summed E-state index contributed by atoms with van der Waals surface area (Å²) in [7, 11) is -3.64. The number of hydrogen-bond acceptors (Lipinski definition) is 10. The number of aliphatic hydroxyl groups excluding tert-OH is 1. The van der Waals surface area contributed by atoms with Crippen LogP contribution in [0.4, 0.5) is 8.78 Å². The van der Waals surface area contributed by atoms with E-state index in [1.165, 1.54) is 25.1 Å². The molecule has 1 aromatic rings. The molecule has 4 aliphatic carbocycles. The highest BCUT2D eigenvalue weighted by Crippen LogP contribution is 2.71. The molecule has 42 heavy (non-hydrogen) atoms. The van der Waals surface area contributed by atoms with Crippen molar-refractivity contribution >= 4 is 38.9 Å². The molecule has 1 aromatic heterocycles. The lowest BCUT2D eigenvalue weighted by Crippen LogP contribution is -2.71. The SMILES string of the molecule is C[C@@H]1CC2C3C[C@H](F)C4=CC(=O)C=C[C@]4(C)[C@@]3(F)[C@@H](O)C[C@]2(C)[C@@]1(OC(=O)c1ccc(S(C)(=O)=O)s1)C(=O)OCC#N. The first kappa shape index (κ1) is 30.5. The van der Waals surface area contributed by atoms with Gasteiger partial charge in [-0.05, 0) is 62.0 Å². The minimum Gasteiger partial charge on any atom is -0.447 e. The molecular formula is C29H31F2NO8S2. The number of carbonyl (C=O) groups is 3. The molecule has 5 rings (SSSR count). The number of esters is 2. The molecule has 0 aliphatic heterocycles. The second-order valence-corrected chi connectivity index (χ2v) is 15.6. The molecule has 1 N–H and O–H groups in total. The molecule has 0 bridgehead atoms. The van der Waals surface area contributed by atoms with Crippen LogP contribution in [0.15, 0.2) is 40.1 Å². The Morgan fingerprint density at radius 3 is 2.55 bits per heavy atom. The second kappa shape index (κ2) is 9.79. The largest absolute Gasteiger partial charge is 0.447 e. The van der Waals surface area contributed by atoms with Crippen molar-refractivity contribution in [3.8, 4) is 6.07 Å². The fraction of sp³-hybridized carbons (Fsp3) is 0.586. The van der Waals surface area contributed by atoms with E-state index in [9.17, 15) is 27.9 Å². The van der Waals surface area contributed by atoms with Gasteiger partial charge >= 0.3 is 11.9 Å². The van der Waals surface area contributed by atoms with Gasteiger partial charge in [0, 0.05) is 28.9 Å². The Kier molecular flexibility index (Phi) is 7.11. The molecule has 3 fully saturated rings.